The zero-order valence-electron chi connectivity index (χ0n) is 14.6. The average molecular weight is 291 g/mol. The average Bonchev–Trinajstić information content (AvgIpc) is 2.52. The Kier molecular flexibility index (Phi) is 9.41. The number of rotatable bonds is 12. The smallest absolute Gasteiger partial charge is 0.104 e. The molecule has 0 aromatic heterocycles. The molecule has 21 heavy (non-hydrogen) atoms. The first kappa shape index (κ1) is 18.2. The van der Waals surface area contributed by atoms with Gasteiger partial charge in [0.05, 0.1) is 19.6 Å². The quantitative estimate of drug-likeness (QED) is 0.337. The molecule has 0 bridgehead atoms. The minimum atomic E-state index is 1.21. The molecule has 1 aromatic rings. The van der Waals surface area contributed by atoms with Gasteiger partial charge in [-0.1, -0.05) is 69.9 Å². The molecular weight excluding hydrogens is 254 g/mol. The molecule has 1 nitrogen and oxygen atoms in total. The van der Waals surface area contributed by atoms with E-state index in [1.54, 1.807) is 0 Å². The fourth-order valence-electron chi connectivity index (χ4n) is 3.37. The van der Waals surface area contributed by atoms with Crippen LogP contribution in [0, 0.1) is 0 Å². The summed E-state index contributed by atoms with van der Waals surface area (Å²) < 4.78 is 1.27. The standard InChI is InChI=1S/C20H36N/c1-4-7-8-9-10-14-18-21(6-3,17-5-2)19-20-15-12-11-13-16-20/h11-13,15-16H,4-10,14,17-19H2,1-3H3/q+1. The van der Waals surface area contributed by atoms with Crippen molar-refractivity contribution in [3.05, 3.63) is 35.9 Å². The fraction of sp³-hybridized carbons (Fsp3) is 0.700. The first-order valence-corrected chi connectivity index (χ1v) is 9.15. The van der Waals surface area contributed by atoms with Crippen molar-refractivity contribution in [3.63, 3.8) is 0 Å². The van der Waals surface area contributed by atoms with Crippen molar-refractivity contribution in [2.45, 2.75) is 72.3 Å². The van der Waals surface area contributed by atoms with Crippen molar-refractivity contribution in [3.8, 4) is 0 Å². The van der Waals surface area contributed by atoms with Crippen LogP contribution in [0.1, 0.15) is 71.3 Å². The number of unbranched alkanes of at least 4 members (excludes halogenated alkanes) is 5. The topological polar surface area (TPSA) is 0 Å². The van der Waals surface area contributed by atoms with E-state index in [-0.39, 0.29) is 0 Å². The van der Waals surface area contributed by atoms with Crippen molar-refractivity contribution < 1.29 is 4.48 Å². The Hall–Kier alpha value is -0.820. The normalized spacial score (nSPS) is 14.0. The molecule has 0 radical (unpaired) electrons. The van der Waals surface area contributed by atoms with Crippen LogP contribution in [0.3, 0.4) is 0 Å². The second-order valence-corrected chi connectivity index (χ2v) is 6.52. The van der Waals surface area contributed by atoms with Crippen LogP contribution in [0.4, 0.5) is 0 Å². The molecule has 0 saturated carbocycles. The predicted octanol–water partition coefficient (Wildman–Crippen LogP) is 5.79. The minimum absolute atomic E-state index is 1.21. The van der Waals surface area contributed by atoms with Crippen molar-refractivity contribution in [1.82, 2.24) is 0 Å². The summed E-state index contributed by atoms with van der Waals surface area (Å²) in [6.07, 6.45) is 9.70. The van der Waals surface area contributed by atoms with Crippen LogP contribution in [-0.2, 0) is 6.54 Å². The van der Waals surface area contributed by atoms with Crippen LogP contribution in [0.5, 0.6) is 0 Å². The molecule has 1 aromatic carbocycles. The second-order valence-electron chi connectivity index (χ2n) is 6.52. The summed E-state index contributed by atoms with van der Waals surface area (Å²) in [6.45, 7) is 12.1. The maximum Gasteiger partial charge on any atom is 0.104 e. The Morgan fingerprint density at radius 1 is 0.714 bits per heavy atom. The van der Waals surface area contributed by atoms with Crippen LogP contribution in [0.15, 0.2) is 30.3 Å². The summed E-state index contributed by atoms with van der Waals surface area (Å²) in [4.78, 5) is 0. The first-order valence-electron chi connectivity index (χ1n) is 9.15. The lowest BCUT2D eigenvalue weighted by molar-refractivity contribution is -0.939. The SMILES string of the molecule is CCCCCCCC[N+](CC)(CCC)Cc1ccccc1. The number of hydrogen-bond donors (Lipinski definition) is 0. The largest absolute Gasteiger partial charge is 0.320 e. The Labute approximate surface area is 133 Å². The summed E-state index contributed by atoms with van der Waals surface area (Å²) in [7, 11) is 0. The summed E-state index contributed by atoms with van der Waals surface area (Å²) in [5.41, 5.74) is 1.50. The molecule has 0 aliphatic rings. The molecule has 0 aliphatic carbocycles. The summed E-state index contributed by atoms with van der Waals surface area (Å²) in [6, 6.07) is 11.1. The monoisotopic (exact) mass is 290 g/mol. The highest BCUT2D eigenvalue weighted by Gasteiger charge is 2.24. The number of hydrogen-bond acceptors (Lipinski definition) is 0. The van der Waals surface area contributed by atoms with Gasteiger partial charge in [0.25, 0.3) is 0 Å². The van der Waals surface area contributed by atoms with Crippen LogP contribution in [-0.4, -0.2) is 24.1 Å². The van der Waals surface area contributed by atoms with E-state index < -0.39 is 0 Å². The maximum atomic E-state index is 2.37. The van der Waals surface area contributed by atoms with Gasteiger partial charge in [-0.05, 0) is 26.2 Å². The second kappa shape index (κ2) is 10.8. The van der Waals surface area contributed by atoms with E-state index in [1.807, 2.05) is 0 Å². The highest BCUT2D eigenvalue weighted by molar-refractivity contribution is 5.13. The summed E-state index contributed by atoms with van der Waals surface area (Å²) >= 11 is 0. The van der Waals surface area contributed by atoms with Gasteiger partial charge in [0.15, 0.2) is 0 Å². The molecule has 0 saturated heterocycles. The van der Waals surface area contributed by atoms with Gasteiger partial charge in [0.1, 0.15) is 6.54 Å². The minimum Gasteiger partial charge on any atom is -0.320 e. The van der Waals surface area contributed by atoms with E-state index >= 15 is 0 Å². The van der Waals surface area contributed by atoms with Crippen molar-refractivity contribution in [2.24, 2.45) is 0 Å². The molecule has 1 rings (SSSR count). The van der Waals surface area contributed by atoms with Crippen LogP contribution < -0.4 is 0 Å². The Balaban J connectivity index is 2.49. The molecule has 0 spiro atoms. The Morgan fingerprint density at radius 2 is 1.38 bits per heavy atom. The lowest BCUT2D eigenvalue weighted by atomic mass is 10.1. The van der Waals surface area contributed by atoms with Gasteiger partial charge in [-0.3, -0.25) is 0 Å². The van der Waals surface area contributed by atoms with Crippen LogP contribution in [0.25, 0.3) is 0 Å². The lowest BCUT2D eigenvalue weighted by Gasteiger charge is -2.38. The van der Waals surface area contributed by atoms with E-state index in [2.05, 4.69) is 51.1 Å². The van der Waals surface area contributed by atoms with E-state index in [0.29, 0.717) is 0 Å². The predicted molar refractivity (Wildman–Crippen MR) is 94.3 cm³/mol. The molecule has 0 heterocycles. The zero-order chi connectivity index (χ0) is 15.4. The fourth-order valence-corrected chi connectivity index (χ4v) is 3.37. The third-order valence-corrected chi connectivity index (χ3v) is 4.72. The van der Waals surface area contributed by atoms with Crippen molar-refractivity contribution >= 4 is 0 Å². The molecule has 1 unspecified atom stereocenters. The summed E-state index contributed by atoms with van der Waals surface area (Å²) in [5, 5.41) is 0. The van der Waals surface area contributed by atoms with Crippen LogP contribution >= 0.6 is 0 Å². The number of quaternary nitrogens is 1. The number of benzene rings is 1. The zero-order valence-corrected chi connectivity index (χ0v) is 14.6. The molecule has 0 aliphatic heterocycles. The third-order valence-electron chi connectivity index (χ3n) is 4.72. The lowest BCUT2D eigenvalue weighted by Crippen LogP contribution is -2.48. The first-order chi connectivity index (χ1) is 10.3. The third kappa shape index (κ3) is 7.13. The van der Waals surface area contributed by atoms with Crippen molar-refractivity contribution in [1.29, 1.82) is 0 Å². The van der Waals surface area contributed by atoms with Gasteiger partial charge >= 0.3 is 0 Å². The highest BCUT2D eigenvalue weighted by Crippen LogP contribution is 2.18. The van der Waals surface area contributed by atoms with Gasteiger partial charge in [0, 0.05) is 5.56 Å². The Morgan fingerprint density at radius 3 is 2.00 bits per heavy atom. The molecule has 0 amide bonds. The van der Waals surface area contributed by atoms with E-state index in [9.17, 15) is 0 Å². The number of nitrogens with zero attached hydrogens (tertiary/aromatic N) is 1. The van der Waals surface area contributed by atoms with Gasteiger partial charge in [-0.25, -0.2) is 0 Å². The van der Waals surface area contributed by atoms with Gasteiger partial charge < -0.3 is 4.48 Å². The Bertz CT molecular complexity index is 346. The van der Waals surface area contributed by atoms with E-state index in [4.69, 9.17) is 0 Å². The van der Waals surface area contributed by atoms with Gasteiger partial charge in [-0.15, -0.1) is 0 Å². The van der Waals surface area contributed by atoms with Gasteiger partial charge in [-0.2, -0.15) is 0 Å². The molecule has 1 atom stereocenters. The maximum absolute atomic E-state index is 2.37. The summed E-state index contributed by atoms with van der Waals surface area (Å²) in [5.74, 6) is 0. The molecule has 1 heteroatoms. The molecule has 0 fully saturated rings. The molecule has 0 N–H and O–H groups in total. The van der Waals surface area contributed by atoms with Crippen molar-refractivity contribution in [2.75, 3.05) is 19.6 Å². The van der Waals surface area contributed by atoms with E-state index in [1.165, 1.54) is 81.2 Å². The van der Waals surface area contributed by atoms with Gasteiger partial charge in [0.2, 0.25) is 0 Å². The highest BCUT2D eigenvalue weighted by atomic mass is 15.3. The van der Waals surface area contributed by atoms with Crippen LogP contribution in [0.2, 0.25) is 0 Å². The van der Waals surface area contributed by atoms with E-state index in [0.717, 1.165) is 0 Å². The molecular formula is C20H36N+. The molecule has 120 valence electrons.